The van der Waals surface area contributed by atoms with Crippen molar-refractivity contribution in [2.45, 2.75) is 12.5 Å². The number of aliphatic carboxylic acids is 1. The normalized spacial score (nSPS) is 12.5. The molecule has 4 N–H and O–H groups in total. The van der Waals surface area contributed by atoms with Gasteiger partial charge in [0.25, 0.3) is 0 Å². The SMILES string of the molecule is NC(CC(=O)O)c1cc(Cl)c(F)cc1O. The molecule has 1 unspecified atom stereocenters. The minimum Gasteiger partial charge on any atom is -0.508 e. The van der Waals surface area contributed by atoms with Gasteiger partial charge in [-0.05, 0) is 6.07 Å². The molecule has 0 saturated carbocycles. The summed E-state index contributed by atoms with van der Waals surface area (Å²) in [5.74, 6) is -2.28. The van der Waals surface area contributed by atoms with Crippen molar-refractivity contribution in [3.63, 3.8) is 0 Å². The van der Waals surface area contributed by atoms with E-state index < -0.39 is 23.6 Å². The standard InChI is InChI=1S/C9H9ClFNO3/c10-5-1-4(7(12)3-9(14)15)8(13)2-6(5)11/h1-2,7,13H,3,12H2,(H,14,15). The van der Waals surface area contributed by atoms with E-state index >= 15 is 0 Å². The first-order chi connectivity index (χ1) is 6.91. The molecule has 4 nitrogen and oxygen atoms in total. The number of phenols is 1. The molecule has 0 aliphatic rings. The van der Waals surface area contributed by atoms with Crippen LogP contribution in [0.5, 0.6) is 5.75 Å². The average Bonchev–Trinajstić information content (AvgIpc) is 2.09. The Bertz CT molecular complexity index is 397. The van der Waals surface area contributed by atoms with Gasteiger partial charge in [-0.2, -0.15) is 0 Å². The smallest absolute Gasteiger partial charge is 0.305 e. The lowest BCUT2D eigenvalue weighted by Gasteiger charge is -2.11. The average molecular weight is 234 g/mol. The summed E-state index contributed by atoms with van der Waals surface area (Å²) in [6.45, 7) is 0. The fraction of sp³-hybridized carbons (Fsp3) is 0.222. The first-order valence-corrected chi connectivity index (χ1v) is 4.45. The highest BCUT2D eigenvalue weighted by Gasteiger charge is 2.16. The predicted molar refractivity (Wildman–Crippen MR) is 52.3 cm³/mol. The Kier molecular flexibility index (Phi) is 3.49. The Morgan fingerprint density at radius 3 is 2.73 bits per heavy atom. The fourth-order valence-corrected chi connectivity index (χ4v) is 1.32. The maximum Gasteiger partial charge on any atom is 0.305 e. The minimum atomic E-state index is -1.11. The van der Waals surface area contributed by atoms with Crippen LogP contribution in [0.15, 0.2) is 12.1 Å². The molecule has 0 spiro atoms. The van der Waals surface area contributed by atoms with Gasteiger partial charge in [0.1, 0.15) is 11.6 Å². The zero-order chi connectivity index (χ0) is 11.6. The quantitative estimate of drug-likeness (QED) is 0.741. The van der Waals surface area contributed by atoms with Crippen molar-refractivity contribution in [2.75, 3.05) is 0 Å². The van der Waals surface area contributed by atoms with Crippen LogP contribution in [0, 0.1) is 5.82 Å². The molecular formula is C9H9ClFNO3. The van der Waals surface area contributed by atoms with E-state index in [0.717, 1.165) is 12.1 Å². The van der Waals surface area contributed by atoms with Crippen LogP contribution in [0.4, 0.5) is 4.39 Å². The molecule has 0 aliphatic heterocycles. The molecular weight excluding hydrogens is 225 g/mol. The molecule has 0 saturated heterocycles. The summed E-state index contributed by atoms with van der Waals surface area (Å²) >= 11 is 5.48. The monoisotopic (exact) mass is 233 g/mol. The van der Waals surface area contributed by atoms with E-state index in [0.29, 0.717) is 0 Å². The first kappa shape index (κ1) is 11.7. The summed E-state index contributed by atoms with van der Waals surface area (Å²) < 4.78 is 12.8. The van der Waals surface area contributed by atoms with Gasteiger partial charge in [0.2, 0.25) is 0 Å². The summed E-state index contributed by atoms with van der Waals surface area (Å²) in [6.07, 6.45) is -0.366. The van der Waals surface area contributed by atoms with E-state index in [-0.39, 0.29) is 17.0 Å². The summed E-state index contributed by atoms with van der Waals surface area (Å²) in [6, 6.07) is 1.01. The number of carboxylic acid groups (broad SMARTS) is 1. The maximum atomic E-state index is 12.8. The second kappa shape index (κ2) is 4.46. The summed E-state index contributed by atoms with van der Waals surface area (Å²) in [7, 11) is 0. The van der Waals surface area contributed by atoms with Gasteiger partial charge in [-0.15, -0.1) is 0 Å². The molecule has 15 heavy (non-hydrogen) atoms. The van der Waals surface area contributed by atoms with Gasteiger partial charge >= 0.3 is 5.97 Å². The third-order valence-electron chi connectivity index (χ3n) is 1.86. The molecule has 82 valence electrons. The number of aromatic hydroxyl groups is 1. The van der Waals surface area contributed by atoms with Gasteiger partial charge < -0.3 is 15.9 Å². The zero-order valence-electron chi connectivity index (χ0n) is 7.58. The minimum absolute atomic E-state index is 0.115. The van der Waals surface area contributed by atoms with Gasteiger partial charge in [-0.3, -0.25) is 4.79 Å². The molecule has 0 bridgehead atoms. The molecule has 1 atom stereocenters. The number of nitrogens with two attached hydrogens (primary N) is 1. The van der Waals surface area contributed by atoms with Crippen LogP contribution >= 0.6 is 11.6 Å². The number of hydrogen-bond donors (Lipinski definition) is 3. The molecule has 1 rings (SSSR count). The molecule has 1 aromatic rings. The molecule has 6 heteroatoms. The van der Waals surface area contributed by atoms with E-state index in [1.807, 2.05) is 0 Å². The van der Waals surface area contributed by atoms with E-state index in [1.165, 1.54) is 0 Å². The largest absolute Gasteiger partial charge is 0.508 e. The van der Waals surface area contributed by atoms with Crippen molar-refractivity contribution in [3.8, 4) is 5.75 Å². The second-order valence-corrected chi connectivity index (χ2v) is 3.44. The van der Waals surface area contributed by atoms with Crippen LogP contribution in [0.1, 0.15) is 18.0 Å². The second-order valence-electron chi connectivity index (χ2n) is 3.03. The van der Waals surface area contributed by atoms with Crippen molar-refractivity contribution >= 4 is 17.6 Å². The predicted octanol–water partition coefficient (Wildman–Crippen LogP) is 1.66. The first-order valence-electron chi connectivity index (χ1n) is 4.07. The van der Waals surface area contributed by atoms with Gasteiger partial charge in [0, 0.05) is 17.7 Å². The van der Waals surface area contributed by atoms with E-state index in [2.05, 4.69) is 0 Å². The third kappa shape index (κ3) is 2.81. The van der Waals surface area contributed by atoms with Crippen molar-refractivity contribution in [1.29, 1.82) is 0 Å². The number of carbonyl (C=O) groups is 1. The molecule has 1 aromatic carbocycles. The number of hydrogen-bond acceptors (Lipinski definition) is 3. The molecule has 0 aliphatic carbocycles. The van der Waals surface area contributed by atoms with Crippen molar-refractivity contribution in [1.82, 2.24) is 0 Å². The van der Waals surface area contributed by atoms with Gasteiger partial charge in [-0.25, -0.2) is 4.39 Å². The Balaban J connectivity index is 3.03. The van der Waals surface area contributed by atoms with Crippen LogP contribution in [0.25, 0.3) is 0 Å². The summed E-state index contributed by atoms with van der Waals surface area (Å²) in [5, 5.41) is 17.6. The Morgan fingerprint density at radius 2 is 2.20 bits per heavy atom. The Morgan fingerprint density at radius 1 is 1.60 bits per heavy atom. The van der Waals surface area contributed by atoms with Crippen LogP contribution in [-0.4, -0.2) is 16.2 Å². The molecule has 0 fully saturated rings. The molecule has 0 radical (unpaired) electrons. The van der Waals surface area contributed by atoms with E-state index in [9.17, 15) is 14.3 Å². The molecule has 0 amide bonds. The zero-order valence-corrected chi connectivity index (χ0v) is 8.33. The maximum absolute atomic E-state index is 12.8. The highest BCUT2D eigenvalue weighted by atomic mass is 35.5. The third-order valence-corrected chi connectivity index (χ3v) is 2.15. The topological polar surface area (TPSA) is 83.6 Å². The highest BCUT2D eigenvalue weighted by molar-refractivity contribution is 6.30. The van der Waals surface area contributed by atoms with Crippen molar-refractivity contribution in [2.24, 2.45) is 5.73 Å². The Labute approximate surface area is 90.1 Å². The summed E-state index contributed by atoms with van der Waals surface area (Å²) in [4.78, 5) is 10.4. The number of phenolic OH excluding ortho intramolecular Hbond substituents is 1. The number of halogens is 2. The highest BCUT2D eigenvalue weighted by Crippen LogP contribution is 2.29. The Hall–Kier alpha value is -1.33. The number of carboxylic acids is 1. The number of rotatable bonds is 3. The fourth-order valence-electron chi connectivity index (χ4n) is 1.15. The number of benzene rings is 1. The van der Waals surface area contributed by atoms with E-state index in [4.69, 9.17) is 22.4 Å². The van der Waals surface area contributed by atoms with Crippen LogP contribution in [0.2, 0.25) is 5.02 Å². The van der Waals surface area contributed by atoms with Crippen LogP contribution < -0.4 is 5.73 Å². The molecule has 0 heterocycles. The van der Waals surface area contributed by atoms with Gasteiger partial charge in [0.05, 0.1) is 11.4 Å². The van der Waals surface area contributed by atoms with Gasteiger partial charge in [-0.1, -0.05) is 11.6 Å². The van der Waals surface area contributed by atoms with Crippen LogP contribution in [-0.2, 0) is 4.79 Å². The lowest BCUT2D eigenvalue weighted by atomic mass is 10.0. The van der Waals surface area contributed by atoms with Crippen LogP contribution in [0.3, 0.4) is 0 Å². The van der Waals surface area contributed by atoms with Crippen molar-refractivity contribution in [3.05, 3.63) is 28.5 Å². The lowest BCUT2D eigenvalue weighted by Crippen LogP contribution is -2.15. The van der Waals surface area contributed by atoms with Crippen molar-refractivity contribution < 1.29 is 19.4 Å². The molecule has 0 aromatic heterocycles. The van der Waals surface area contributed by atoms with Gasteiger partial charge in [0.15, 0.2) is 0 Å². The van der Waals surface area contributed by atoms with E-state index in [1.54, 1.807) is 0 Å². The summed E-state index contributed by atoms with van der Waals surface area (Å²) in [5.41, 5.74) is 5.61. The lowest BCUT2D eigenvalue weighted by molar-refractivity contribution is -0.137.